The lowest BCUT2D eigenvalue weighted by molar-refractivity contribution is -0.302. The number of rotatable bonds is 13. The lowest BCUT2D eigenvalue weighted by Crippen LogP contribution is -2.64. The molecule has 76 heavy (non-hydrogen) atoms. The molecule has 3 aliphatic heterocycles. The zero-order valence-corrected chi connectivity index (χ0v) is 49.4. The van der Waals surface area contributed by atoms with Gasteiger partial charge >= 0.3 is 5.97 Å². The van der Waals surface area contributed by atoms with Gasteiger partial charge in [0.1, 0.15) is 35.9 Å². The standard InChI is InChI=1S/C60H94N2O13Si/c1-15-43-30-37(2)29-38(3)31-52(70-11)55-53(71-12)33-40(5)60(68,75-55)56(65)57(66)62-26-17-16-19-46(62)58(67)74-54(41(6)48(63)36-49(43)64)39(4)32-42-20-23-50(51(34-42)69-10)73-45-22-21-44-24-27-61(47(44)35-45)25-18-28-72-76(13,14)59(7,8)9/h21-22,24,27,30,32,35,38,40-43,46,48,50-55,63,68H,15-20,23,25-26,28-29,31,33-34,36H2,1-14H3. The molecule has 0 spiro atoms. The molecule has 2 N–H and O–H groups in total. The summed E-state index contributed by atoms with van der Waals surface area (Å²) in [7, 11) is 2.95. The number of fused-ring (bicyclic) bond motifs is 4. The number of aryl methyl sites for hydroxylation is 1. The molecule has 0 radical (unpaired) electrons. The molecule has 1 amide bonds. The van der Waals surface area contributed by atoms with E-state index in [1.54, 1.807) is 35.2 Å². The largest absolute Gasteiger partial charge is 0.488 e. The van der Waals surface area contributed by atoms with Crippen molar-refractivity contribution in [1.82, 2.24) is 9.47 Å². The summed E-state index contributed by atoms with van der Waals surface area (Å²) < 4.78 is 46.2. The molecule has 15 nitrogen and oxygen atoms in total. The second-order valence-corrected chi connectivity index (χ2v) is 29.2. The summed E-state index contributed by atoms with van der Waals surface area (Å²) in [6.45, 7) is 24.3. The van der Waals surface area contributed by atoms with Crippen LogP contribution in [0.25, 0.3) is 10.9 Å². The van der Waals surface area contributed by atoms with Crippen molar-refractivity contribution < 1.29 is 62.2 Å². The van der Waals surface area contributed by atoms with Gasteiger partial charge in [0, 0.05) is 77.5 Å². The summed E-state index contributed by atoms with van der Waals surface area (Å²) >= 11 is 0. The van der Waals surface area contributed by atoms with Crippen LogP contribution in [0.15, 0.2) is 53.8 Å². The maximum atomic E-state index is 14.7. The van der Waals surface area contributed by atoms with Crippen molar-refractivity contribution in [3.8, 4) is 5.75 Å². The van der Waals surface area contributed by atoms with E-state index in [1.807, 2.05) is 32.9 Å². The summed E-state index contributed by atoms with van der Waals surface area (Å²) in [5, 5.41) is 25.5. The Bertz CT molecular complexity index is 2360. The number of aliphatic hydroxyl groups excluding tert-OH is 1. The molecular formula is C60H94N2O13Si. The number of nitrogens with zero attached hydrogens (tertiary/aromatic N) is 2. The number of ether oxygens (including phenoxy) is 6. The Kier molecular flexibility index (Phi) is 21.4. The van der Waals surface area contributed by atoms with Gasteiger partial charge in [0.2, 0.25) is 5.79 Å². The number of methoxy groups -OCH3 is 3. The van der Waals surface area contributed by atoms with Gasteiger partial charge in [-0.05, 0) is 144 Å². The van der Waals surface area contributed by atoms with Gasteiger partial charge in [0.05, 0.1) is 29.9 Å². The Morgan fingerprint density at radius 1 is 0.908 bits per heavy atom. The van der Waals surface area contributed by atoms with E-state index in [0.717, 1.165) is 48.2 Å². The molecule has 1 aromatic heterocycles. The maximum Gasteiger partial charge on any atom is 0.329 e. The number of esters is 1. The van der Waals surface area contributed by atoms with Gasteiger partial charge in [-0.15, -0.1) is 0 Å². The number of cyclic esters (lactones) is 1. The number of benzene rings is 1. The number of allylic oxidation sites excluding steroid dienone is 3. The van der Waals surface area contributed by atoms with Gasteiger partial charge in [-0.2, -0.15) is 0 Å². The van der Waals surface area contributed by atoms with Gasteiger partial charge in [0.25, 0.3) is 11.7 Å². The number of aromatic nitrogens is 1. The number of aliphatic hydroxyl groups is 2. The number of amides is 1. The lowest BCUT2D eigenvalue weighted by atomic mass is 9.81. The highest BCUT2D eigenvalue weighted by Crippen LogP contribution is 2.41. The summed E-state index contributed by atoms with van der Waals surface area (Å²) in [5.41, 5.74) is 2.79. The Labute approximate surface area is 454 Å². The first-order valence-electron chi connectivity index (χ1n) is 28.4. The van der Waals surface area contributed by atoms with Crippen molar-refractivity contribution in [2.24, 2.45) is 29.6 Å². The van der Waals surface area contributed by atoms with Crippen LogP contribution in [0.5, 0.6) is 5.75 Å². The lowest BCUT2D eigenvalue weighted by Gasteiger charge is -2.47. The third kappa shape index (κ3) is 14.5. The maximum absolute atomic E-state index is 14.7. The topological polar surface area (TPSA) is 182 Å². The molecule has 2 aromatic rings. The average molecular weight is 1080 g/mol. The van der Waals surface area contributed by atoms with Gasteiger partial charge in [-0.25, -0.2) is 4.79 Å². The number of piperidine rings is 1. The molecule has 6 rings (SSSR count). The van der Waals surface area contributed by atoms with Crippen molar-refractivity contribution in [2.75, 3.05) is 34.5 Å². The molecule has 426 valence electrons. The second kappa shape index (κ2) is 26.5. The zero-order valence-electron chi connectivity index (χ0n) is 48.4. The van der Waals surface area contributed by atoms with Gasteiger partial charge in [-0.3, -0.25) is 14.4 Å². The highest BCUT2D eigenvalue weighted by Gasteiger charge is 2.57. The second-order valence-electron chi connectivity index (χ2n) is 24.4. The van der Waals surface area contributed by atoms with Crippen LogP contribution >= 0.6 is 0 Å². The molecular weight excluding hydrogens is 985 g/mol. The number of hydrogen-bond acceptors (Lipinski definition) is 13. The van der Waals surface area contributed by atoms with E-state index >= 15 is 0 Å². The summed E-state index contributed by atoms with van der Waals surface area (Å²) in [6, 6.07) is 7.19. The van der Waals surface area contributed by atoms with Crippen LogP contribution in [0.3, 0.4) is 0 Å². The number of hydrogen-bond donors (Lipinski definition) is 2. The van der Waals surface area contributed by atoms with E-state index in [-0.39, 0.29) is 60.7 Å². The van der Waals surface area contributed by atoms with E-state index in [0.29, 0.717) is 50.5 Å². The van der Waals surface area contributed by atoms with Gasteiger partial charge in [0.15, 0.2) is 8.32 Å². The number of carbonyl (C=O) groups is 4. The minimum atomic E-state index is -2.52. The van der Waals surface area contributed by atoms with Crippen molar-refractivity contribution >= 4 is 42.7 Å². The highest BCUT2D eigenvalue weighted by atomic mass is 28.4. The third-order valence-corrected chi connectivity index (χ3v) is 22.3. The zero-order chi connectivity index (χ0) is 55.9. The van der Waals surface area contributed by atoms with Gasteiger partial charge in [-0.1, -0.05) is 66.2 Å². The van der Waals surface area contributed by atoms with Crippen LogP contribution in [0.2, 0.25) is 18.1 Å². The van der Waals surface area contributed by atoms with E-state index in [1.165, 1.54) is 4.90 Å². The minimum absolute atomic E-state index is 0.00399. The summed E-state index contributed by atoms with van der Waals surface area (Å²) in [4.78, 5) is 58.9. The minimum Gasteiger partial charge on any atom is -0.488 e. The van der Waals surface area contributed by atoms with Crippen molar-refractivity contribution in [1.29, 1.82) is 0 Å². The van der Waals surface area contributed by atoms with Crippen molar-refractivity contribution in [3.05, 3.63) is 53.8 Å². The highest BCUT2D eigenvalue weighted by molar-refractivity contribution is 6.74. The molecule has 4 aliphatic rings. The first kappa shape index (κ1) is 61.5. The van der Waals surface area contributed by atoms with Crippen LogP contribution in [-0.2, 0) is 53.8 Å². The van der Waals surface area contributed by atoms with Crippen molar-refractivity contribution in [2.45, 2.75) is 219 Å². The fourth-order valence-electron chi connectivity index (χ4n) is 11.9. The Morgan fingerprint density at radius 3 is 2.28 bits per heavy atom. The van der Waals surface area contributed by atoms with Crippen LogP contribution in [0.1, 0.15) is 139 Å². The summed E-state index contributed by atoms with van der Waals surface area (Å²) in [5.74, 6) is -6.78. The number of ketones is 2. The molecule has 1 saturated carbocycles. The van der Waals surface area contributed by atoms with E-state index < -0.39 is 86.1 Å². The molecule has 1 aliphatic carbocycles. The molecule has 2 bridgehead atoms. The predicted octanol–water partition coefficient (Wildman–Crippen LogP) is 9.93. The third-order valence-electron chi connectivity index (χ3n) is 17.7. The van der Waals surface area contributed by atoms with Crippen molar-refractivity contribution in [3.63, 3.8) is 0 Å². The normalized spacial score (nSPS) is 33.6. The van der Waals surface area contributed by atoms with E-state index in [9.17, 15) is 29.4 Å². The molecule has 2 saturated heterocycles. The molecule has 14 unspecified atom stereocenters. The van der Waals surface area contributed by atoms with Crippen LogP contribution < -0.4 is 4.74 Å². The fourth-order valence-corrected chi connectivity index (χ4v) is 13.0. The SMILES string of the molecule is CCC1C=C(C)CC(C)CC(OC)C2OC(O)(C(=O)C(=O)N3CCCCC3C(=O)OC(C(C)=CC3CCC(Oc4ccc5ccn(CCCO[Si](C)(C)C(C)(C)C)c5c4)C(OC)C3)C(C)C(O)CC1=O)C(C)CC2OC. The fraction of sp³-hybridized carbons (Fsp3) is 0.733. The smallest absolute Gasteiger partial charge is 0.329 e. The predicted molar refractivity (Wildman–Crippen MR) is 296 cm³/mol. The van der Waals surface area contributed by atoms with E-state index in [4.69, 9.17) is 32.8 Å². The quantitative estimate of drug-likeness (QED) is 0.0637. The van der Waals surface area contributed by atoms with Crippen LogP contribution in [0.4, 0.5) is 0 Å². The molecule has 14 atom stereocenters. The van der Waals surface area contributed by atoms with Crippen LogP contribution in [-0.4, -0.2) is 140 Å². The Hall–Kier alpha value is -3.74. The summed E-state index contributed by atoms with van der Waals surface area (Å²) in [6.07, 6.45) is 7.50. The average Bonchev–Trinajstić information content (AvgIpc) is 3.79. The Balaban J connectivity index is 1.24. The molecule has 1 aromatic carbocycles. The first-order valence-corrected chi connectivity index (χ1v) is 31.3. The Morgan fingerprint density at radius 2 is 1.61 bits per heavy atom. The van der Waals surface area contributed by atoms with Crippen LogP contribution in [0, 0.1) is 29.6 Å². The monoisotopic (exact) mass is 1080 g/mol. The number of carbonyl (C=O) groups excluding carboxylic acids is 4. The van der Waals surface area contributed by atoms with E-state index in [2.05, 4.69) is 75.8 Å². The molecule has 4 heterocycles. The first-order chi connectivity index (χ1) is 35.9. The molecule has 16 heteroatoms. The van der Waals surface area contributed by atoms with Gasteiger partial charge < -0.3 is 52.5 Å². The number of Topliss-reactive ketones (excluding diaryl/α,β-unsaturated/α-hetero) is 2. The molecule has 3 fully saturated rings.